The van der Waals surface area contributed by atoms with E-state index in [2.05, 4.69) is 10.3 Å². The van der Waals surface area contributed by atoms with Gasteiger partial charge in [-0.15, -0.1) is 0 Å². The summed E-state index contributed by atoms with van der Waals surface area (Å²) >= 11 is 0. The van der Waals surface area contributed by atoms with E-state index in [1.54, 1.807) is 29.1 Å². The molecule has 0 bridgehead atoms. The molecule has 0 spiro atoms. The van der Waals surface area contributed by atoms with Crippen molar-refractivity contribution in [1.82, 2.24) is 14.9 Å². The quantitative estimate of drug-likeness (QED) is 0.722. The first-order valence-corrected chi connectivity index (χ1v) is 5.11. The van der Waals surface area contributed by atoms with Crippen molar-refractivity contribution in [2.45, 2.75) is 6.54 Å². The van der Waals surface area contributed by atoms with Gasteiger partial charge in [0.05, 0.1) is 17.2 Å². The van der Waals surface area contributed by atoms with E-state index in [0.29, 0.717) is 23.1 Å². The Kier molecular flexibility index (Phi) is 2.87. The minimum absolute atomic E-state index is 0.0486. The van der Waals surface area contributed by atoms with E-state index in [9.17, 15) is 4.79 Å². The van der Waals surface area contributed by atoms with Gasteiger partial charge < -0.3 is 11.1 Å². The maximum Gasteiger partial charge on any atom is 0.261 e. The zero-order chi connectivity index (χ0) is 11.5. The fraction of sp³-hybridized carbons (Fsp3) is 0.273. The molecule has 0 fully saturated rings. The molecular formula is C11H14N4O. The van der Waals surface area contributed by atoms with Crippen molar-refractivity contribution < 1.29 is 0 Å². The van der Waals surface area contributed by atoms with Gasteiger partial charge in [-0.05, 0) is 25.2 Å². The van der Waals surface area contributed by atoms with Crippen LogP contribution in [0.25, 0.3) is 10.9 Å². The lowest BCUT2D eigenvalue weighted by atomic mass is 10.2. The molecule has 5 heteroatoms. The van der Waals surface area contributed by atoms with Crippen LogP contribution in [-0.4, -0.2) is 23.1 Å². The predicted octanol–water partition coefficient (Wildman–Crippen LogP) is 0.198. The smallest absolute Gasteiger partial charge is 0.261 e. The number of aromatic nitrogens is 2. The number of hydrogen-bond acceptors (Lipinski definition) is 4. The van der Waals surface area contributed by atoms with Crippen molar-refractivity contribution >= 4 is 16.6 Å². The molecule has 1 heterocycles. The molecule has 1 aromatic heterocycles. The van der Waals surface area contributed by atoms with E-state index < -0.39 is 0 Å². The van der Waals surface area contributed by atoms with Crippen LogP contribution >= 0.6 is 0 Å². The maximum absolute atomic E-state index is 12.0. The molecule has 0 saturated heterocycles. The van der Waals surface area contributed by atoms with Crippen LogP contribution in [0.5, 0.6) is 0 Å². The maximum atomic E-state index is 12.0. The summed E-state index contributed by atoms with van der Waals surface area (Å²) in [6.45, 7) is 1.34. The van der Waals surface area contributed by atoms with Crippen molar-refractivity contribution in [3.63, 3.8) is 0 Å². The second kappa shape index (κ2) is 4.32. The lowest BCUT2D eigenvalue weighted by molar-refractivity contribution is 0.621. The fourth-order valence-electron chi connectivity index (χ4n) is 1.57. The normalized spacial score (nSPS) is 10.8. The molecule has 0 unspecified atom stereocenters. The van der Waals surface area contributed by atoms with Gasteiger partial charge in [-0.2, -0.15) is 0 Å². The van der Waals surface area contributed by atoms with Crippen molar-refractivity contribution in [2.75, 3.05) is 19.3 Å². The molecular weight excluding hydrogens is 204 g/mol. The highest BCUT2D eigenvalue weighted by molar-refractivity contribution is 5.80. The molecule has 84 valence electrons. The topological polar surface area (TPSA) is 72.9 Å². The van der Waals surface area contributed by atoms with Crippen LogP contribution in [0.1, 0.15) is 0 Å². The number of hydrogen-bond donors (Lipinski definition) is 2. The Balaban J connectivity index is 2.55. The highest BCUT2D eigenvalue weighted by Crippen LogP contribution is 2.10. The van der Waals surface area contributed by atoms with Gasteiger partial charge in [0, 0.05) is 18.8 Å². The van der Waals surface area contributed by atoms with E-state index in [4.69, 9.17) is 5.73 Å². The second-order valence-electron chi connectivity index (χ2n) is 3.62. The number of benzene rings is 1. The fourth-order valence-corrected chi connectivity index (χ4v) is 1.57. The van der Waals surface area contributed by atoms with Gasteiger partial charge in [0.1, 0.15) is 0 Å². The zero-order valence-electron chi connectivity index (χ0n) is 9.10. The predicted molar refractivity (Wildman–Crippen MR) is 64.3 cm³/mol. The van der Waals surface area contributed by atoms with E-state index in [0.717, 1.165) is 6.54 Å². The molecule has 0 aliphatic carbocycles. The Morgan fingerprint density at radius 3 is 3.06 bits per heavy atom. The third-order valence-electron chi connectivity index (χ3n) is 2.45. The van der Waals surface area contributed by atoms with Crippen LogP contribution in [0.4, 0.5) is 5.69 Å². The van der Waals surface area contributed by atoms with Crippen molar-refractivity contribution in [3.05, 3.63) is 34.9 Å². The number of likely N-dealkylation sites (N-methyl/N-ethyl adjacent to an activating group) is 1. The lowest BCUT2D eigenvalue weighted by Gasteiger charge is -2.06. The molecule has 5 nitrogen and oxygen atoms in total. The minimum atomic E-state index is -0.0486. The van der Waals surface area contributed by atoms with E-state index in [-0.39, 0.29) is 5.56 Å². The van der Waals surface area contributed by atoms with Gasteiger partial charge in [-0.1, -0.05) is 0 Å². The summed E-state index contributed by atoms with van der Waals surface area (Å²) in [7, 11) is 1.84. The first kappa shape index (κ1) is 10.6. The highest BCUT2D eigenvalue weighted by Gasteiger charge is 2.03. The average Bonchev–Trinajstić information content (AvgIpc) is 2.29. The Bertz CT molecular complexity index is 561. The summed E-state index contributed by atoms with van der Waals surface area (Å²) in [4.78, 5) is 16.2. The Morgan fingerprint density at radius 1 is 1.50 bits per heavy atom. The first-order valence-electron chi connectivity index (χ1n) is 5.11. The average molecular weight is 218 g/mol. The summed E-state index contributed by atoms with van der Waals surface area (Å²) in [6, 6.07) is 5.17. The van der Waals surface area contributed by atoms with Gasteiger partial charge in [0.15, 0.2) is 0 Å². The molecule has 0 amide bonds. The summed E-state index contributed by atoms with van der Waals surface area (Å²) in [5, 5.41) is 3.56. The SMILES string of the molecule is CNCCn1cnc2ccc(N)cc2c1=O. The molecule has 0 saturated carbocycles. The lowest BCUT2D eigenvalue weighted by Crippen LogP contribution is -2.25. The Morgan fingerprint density at radius 2 is 2.31 bits per heavy atom. The molecule has 2 rings (SSSR count). The number of nitrogens with one attached hydrogen (secondary N) is 1. The minimum Gasteiger partial charge on any atom is -0.399 e. The zero-order valence-corrected chi connectivity index (χ0v) is 9.10. The van der Waals surface area contributed by atoms with Crippen LogP contribution < -0.4 is 16.6 Å². The Labute approximate surface area is 92.9 Å². The van der Waals surface area contributed by atoms with Crippen LogP contribution in [0.15, 0.2) is 29.3 Å². The number of nitrogens with two attached hydrogens (primary N) is 1. The van der Waals surface area contributed by atoms with Crippen LogP contribution in [0, 0.1) is 0 Å². The van der Waals surface area contributed by atoms with Crippen LogP contribution in [0.2, 0.25) is 0 Å². The molecule has 3 N–H and O–H groups in total. The Hall–Kier alpha value is -1.88. The summed E-state index contributed by atoms with van der Waals surface area (Å²) in [5.41, 5.74) is 6.87. The van der Waals surface area contributed by atoms with E-state index in [1.807, 2.05) is 7.05 Å². The van der Waals surface area contributed by atoms with Gasteiger partial charge >= 0.3 is 0 Å². The number of anilines is 1. The largest absolute Gasteiger partial charge is 0.399 e. The second-order valence-corrected chi connectivity index (χ2v) is 3.62. The molecule has 2 aromatic rings. The summed E-state index contributed by atoms with van der Waals surface area (Å²) in [5.74, 6) is 0. The number of nitrogens with zero attached hydrogens (tertiary/aromatic N) is 2. The van der Waals surface area contributed by atoms with Crippen molar-refractivity contribution in [1.29, 1.82) is 0 Å². The first-order chi connectivity index (χ1) is 7.72. The van der Waals surface area contributed by atoms with Crippen molar-refractivity contribution in [3.8, 4) is 0 Å². The molecule has 0 radical (unpaired) electrons. The number of fused-ring (bicyclic) bond motifs is 1. The van der Waals surface area contributed by atoms with Crippen LogP contribution in [0.3, 0.4) is 0 Å². The van der Waals surface area contributed by atoms with Gasteiger partial charge in [0.2, 0.25) is 0 Å². The van der Waals surface area contributed by atoms with Crippen molar-refractivity contribution in [2.24, 2.45) is 0 Å². The molecule has 0 atom stereocenters. The summed E-state index contributed by atoms with van der Waals surface area (Å²) < 4.78 is 1.58. The highest BCUT2D eigenvalue weighted by atomic mass is 16.1. The standard InChI is InChI=1S/C11H14N4O/c1-13-4-5-15-7-14-10-3-2-8(12)6-9(10)11(15)16/h2-3,6-7,13H,4-5,12H2,1H3. The third-order valence-corrected chi connectivity index (χ3v) is 2.45. The number of rotatable bonds is 3. The molecule has 0 aliphatic rings. The third kappa shape index (κ3) is 1.90. The van der Waals surface area contributed by atoms with E-state index in [1.165, 1.54) is 0 Å². The molecule has 0 aliphatic heterocycles. The number of nitrogen functional groups attached to an aromatic ring is 1. The van der Waals surface area contributed by atoms with E-state index >= 15 is 0 Å². The van der Waals surface area contributed by atoms with Gasteiger partial charge in [-0.3, -0.25) is 9.36 Å². The monoisotopic (exact) mass is 218 g/mol. The van der Waals surface area contributed by atoms with Gasteiger partial charge in [-0.25, -0.2) is 4.98 Å². The molecule has 16 heavy (non-hydrogen) atoms. The molecule has 1 aromatic carbocycles. The van der Waals surface area contributed by atoms with Gasteiger partial charge in [0.25, 0.3) is 5.56 Å². The van der Waals surface area contributed by atoms with Crippen LogP contribution in [-0.2, 0) is 6.54 Å². The summed E-state index contributed by atoms with van der Waals surface area (Å²) in [6.07, 6.45) is 1.57.